The summed E-state index contributed by atoms with van der Waals surface area (Å²) in [5.41, 5.74) is 0.639. The van der Waals surface area contributed by atoms with Gasteiger partial charge in [-0.1, -0.05) is 6.07 Å². The summed E-state index contributed by atoms with van der Waals surface area (Å²) in [6.07, 6.45) is 3.18. The van der Waals surface area contributed by atoms with Gasteiger partial charge in [0.2, 0.25) is 0 Å². The van der Waals surface area contributed by atoms with Crippen LogP contribution in [0, 0.1) is 10.1 Å². The molecule has 0 fully saturated rings. The highest BCUT2D eigenvalue weighted by atomic mass is 16.6. The van der Waals surface area contributed by atoms with Crippen molar-refractivity contribution in [3.05, 3.63) is 52.5 Å². The van der Waals surface area contributed by atoms with Gasteiger partial charge in [0.15, 0.2) is 0 Å². The van der Waals surface area contributed by atoms with Crippen LogP contribution in [-0.2, 0) is 6.61 Å². The summed E-state index contributed by atoms with van der Waals surface area (Å²) in [7, 11) is 1.75. The zero-order valence-electron chi connectivity index (χ0n) is 10.2. The maximum atomic E-state index is 10.6. The lowest BCUT2D eigenvalue weighted by molar-refractivity contribution is -0.384. The molecule has 7 nitrogen and oxygen atoms in total. The number of rotatable bonds is 5. The number of hydrogen-bond acceptors (Lipinski definition) is 6. The van der Waals surface area contributed by atoms with Crippen molar-refractivity contribution < 1.29 is 9.66 Å². The van der Waals surface area contributed by atoms with E-state index >= 15 is 0 Å². The van der Waals surface area contributed by atoms with E-state index in [0.717, 1.165) is 0 Å². The van der Waals surface area contributed by atoms with Crippen LogP contribution in [0.5, 0.6) is 5.75 Å². The highest BCUT2D eigenvalue weighted by molar-refractivity contribution is 5.38. The fourth-order valence-electron chi connectivity index (χ4n) is 1.40. The van der Waals surface area contributed by atoms with Gasteiger partial charge in [0, 0.05) is 13.1 Å². The Kier molecular flexibility index (Phi) is 3.87. The lowest BCUT2D eigenvalue weighted by Gasteiger charge is -2.05. The van der Waals surface area contributed by atoms with E-state index in [0.29, 0.717) is 17.3 Å². The third-order valence-corrected chi connectivity index (χ3v) is 2.38. The maximum Gasteiger partial charge on any atom is 0.273 e. The zero-order valence-corrected chi connectivity index (χ0v) is 10.2. The number of hydrogen-bond donors (Lipinski definition) is 1. The number of non-ortho nitro benzene ring substituents is 1. The second kappa shape index (κ2) is 5.76. The monoisotopic (exact) mass is 260 g/mol. The van der Waals surface area contributed by atoms with Crippen LogP contribution < -0.4 is 10.1 Å². The van der Waals surface area contributed by atoms with Gasteiger partial charge in [-0.15, -0.1) is 0 Å². The molecule has 1 aromatic carbocycles. The summed E-state index contributed by atoms with van der Waals surface area (Å²) in [6, 6.07) is 6.01. The molecule has 0 aliphatic rings. The number of nitrogens with one attached hydrogen (secondary N) is 1. The number of nitrogens with zero attached hydrogens (tertiary/aromatic N) is 3. The minimum Gasteiger partial charge on any atom is -0.487 e. The van der Waals surface area contributed by atoms with Crippen LogP contribution in [0.3, 0.4) is 0 Å². The smallest absolute Gasteiger partial charge is 0.273 e. The molecule has 7 heteroatoms. The molecule has 98 valence electrons. The standard InChI is InChI=1S/C12H12N4O3/c1-13-12-7-14-9(6-15-12)8-19-11-4-2-3-10(5-11)16(17)18/h2-7H,8H2,1H3,(H,13,15). The topological polar surface area (TPSA) is 90.2 Å². The van der Waals surface area contributed by atoms with Crippen LogP contribution in [0.1, 0.15) is 5.69 Å². The first-order chi connectivity index (χ1) is 9.19. The highest BCUT2D eigenvalue weighted by Crippen LogP contribution is 2.19. The third kappa shape index (κ3) is 3.38. The fourth-order valence-corrected chi connectivity index (χ4v) is 1.40. The molecule has 1 aromatic heterocycles. The Labute approximate surface area is 109 Å². The molecule has 0 saturated carbocycles. The molecule has 0 aliphatic heterocycles. The van der Waals surface area contributed by atoms with E-state index in [4.69, 9.17) is 4.74 Å². The van der Waals surface area contributed by atoms with E-state index in [9.17, 15) is 10.1 Å². The van der Waals surface area contributed by atoms with Gasteiger partial charge in [0.25, 0.3) is 5.69 Å². The molecule has 0 saturated heterocycles. The summed E-state index contributed by atoms with van der Waals surface area (Å²) >= 11 is 0. The lowest BCUT2D eigenvalue weighted by Crippen LogP contribution is -2.01. The fraction of sp³-hybridized carbons (Fsp3) is 0.167. The van der Waals surface area contributed by atoms with E-state index in [-0.39, 0.29) is 12.3 Å². The Morgan fingerprint density at radius 2 is 2.21 bits per heavy atom. The van der Waals surface area contributed by atoms with Crippen molar-refractivity contribution in [3.63, 3.8) is 0 Å². The Bertz CT molecular complexity index is 571. The highest BCUT2D eigenvalue weighted by Gasteiger charge is 2.06. The summed E-state index contributed by atoms with van der Waals surface area (Å²) in [5, 5.41) is 13.5. The van der Waals surface area contributed by atoms with Crippen molar-refractivity contribution in [3.8, 4) is 5.75 Å². The molecule has 0 atom stereocenters. The summed E-state index contributed by atoms with van der Waals surface area (Å²) in [6.45, 7) is 0.207. The largest absolute Gasteiger partial charge is 0.487 e. The molecule has 2 rings (SSSR count). The normalized spacial score (nSPS) is 9.95. The summed E-state index contributed by atoms with van der Waals surface area (Å²) < 4.78 is 5.43. The number of nitro benzene ring substituents is 1. The van der Waals surface area contributed by atoms with E-state index in [2.05, 4.69) is 15.3 Å². The van der Waals surface area contributed by atoms with Crippen molar-refractivity contribution in [1.82, 2.24) is 9.97 Å². The molecule has 0 amide bonds. The Balaban J connectivity index is 2.01. The molecule has 0 aliphatic carbocycles. The molecule has 19 heavy (non-hydrogen) atoms. The molecule has 1 heterocycles. The van der Waals surface area contributed by atoms with Crippen LogP contribution in [0.4, 0.5) is 11.5 Å². The zero-order chi connectivity index (χ0) is 13.7. The van der Waals surface area contributed by atoms with Gasteiger partial charge in [-0.05, 0) is 6.07 Å². The molecule has 0 radical (unpaired) electrons. The van der Waals surface area contributed by atoms with E-state index < -0.39 is 4.92 Å². The molecule has 0 spiro atoms. The lowest BCUT2D eigenvalue weighted by atomic mass is 10.3. The van der Waals surface area contributed by atoms with E-state index in [1.807, 2.05) is 0 Å². The van der Waals surface area contributed by atoms with Gasteiger partial charge < -0.3 is 10.1 Å². The quantitative estimate of drug-likeness (QED) is 0.653. The molecule has 0 unspecified atom stereocenters. The van der Waals surface area contributed by atoms with Crippen molar-refractivity contribution in [1.29, 1.82) is 0 Å². The van der Waals surface area contributed by atoms with Gasteiger partial charge in [0.05, 0.1) is 29.1 Å². The first kappa shape index (κ1) is 12.7. The third-order valence-electron chi connectivity index (χ3n) is 2.38. The Morgan fingerprint density at radius 1 is 1.37 bits per heavy atom. The van der Waals surface area contributed by atoms with Crippen molar-refractivity contribution >= 4 is 11.5 Å². The number of aromatic nitrogens is 2. The van der Waals surface area contributed by atoms with Gasteiger partial charge >= 0.3 is 0 Å². The first-order valence-corrected chi connectivity index (χ1v) is 5.55. The molecular weight excluding hydrogens is 248 g/mol. The van der Waals surface area contributed by atoms with E-state index in [1.54, 1.807) is 31.6 Å². The Hall–Kier alpha value is -2.70. The molecular formula is C12H12N4O3. The predicted molar refractivity (Wildman–Crippen MR) is 69.0 cm³/mol. The predicted octanol–water partition coefficient (Wildman–Crippen LogP) is 2.01. The first-order valence-electron chi connectivity index (χ1n) is 5.55. The minimum absolute atomic E-state index is 0.00545. The average Bonchev–Trinajstić information content (AvgIpc) is 2.46. The van der Waals surface area contributed by atoms with Crippen LogP contribution in [0.15, 0.2) is 36.7 Å². The maximum absolute atomic E-state index is 10.6. The second-order valence-electron chi connectivity index (χ2n) is 3.69. The summed E-state index contributed by atoms with van der Waals surface area (Å²) in [5.74, 6) is 1.09. The van der Waals surface area contributed by atoms with Crippen LogP contribution in [0.2, 0.25) is 0 Å². The molecule has 1 N–H and O–H groups in total. The molecule has 2 aromatic rings. The van der Waals surface area contributed by atoms with E-state index in [1.165, 1.54) is 12.1 Å². The second-order valence-corrected chi connectivity index (χ2v) is 3.69. The summed E-state index contributed by atoms with van der Waals surface area (Å²) in [4.78, 5) is 18.4. The van der Waals surface area contributed by atoms with Gasteiger partial charge in [-0.2, -0.15) is 0 Å². The Morgan fingerprint density at radius 3 is 2.84 bits per heavy atom. The van der Waals surface area contributed by atoms with Gasteiger partial charge in [-0.3, -0.25) is 15.1 Å². The number of benzene rings is 1. The average molecular weight is 260 g/mol. The van der Waals surface area contributed by atoms with Crippen LogP contribution in [0.25, 0.3) is 0 Å². The van der Waals surface area contributed by atoms with Crippen molar-refractivity contribution in [2.45, 2.75) is 6.61 Å². The van der Waals surface area contributed by atoms with Crippen LogP contribution in [-0.4, -0.2) is 21.9 Å². The number of anilines is 1. The van der Waals surface area contributed by atoms with Crippen molar-refractivity contribution in [2.24, 2.45) is 0 Å². The van der Waals surface area contributed by atoms with Crippen molar-refractivity contribution in [2.75, 3.05) is 12.4 Å². The SMILES string of the molecule is CNc1cnc(COc2cccc([N+](=O)[O-])c2)cn1. The van der Waals surface area contributed by atoms with Gasteiger partial charge in [0.1, 0.15) is 18.2 Å². The minimum atomic E-state index is -0.464. The van der Waals surface area contributed by atoms with Gasteiger partial charge in [-0.25, -0.2) is 4.98 Å². The van der Waals surface area contributed by atoms with Crippen LogP contribution >= 0.6 is 0 Å². The molecule has 0 bridgehead atoms. The number of ether oxygens (including phenoxy) is 1. The number of nitro groups is 1.